The number of aromatic nitrogens is 1. The number of carbonyl (C=O) groups excluding carboxylic acids is 1. The highest BCUT2D eigenvalue weighted by Gasteiger charge is 2.34. The van der Waals surface area contributed by atoms with Crippen molar-refractivity contribution in [2.24, 2.45) is 0 Å². The topological polar surface area (TPSA) is 48.1 Å². The Morgan fingerprint density at radius 1 is 1.15 bits per heavy atom. The molecular formula is C18H15ClF3N3O. The van der Waals surface area contributed by atoms with E-state index in [1.54, 1.807) is 43.3 Å². The minimum atomic E-state index is -4.61. The van der Waals surface area contributed by atoms with Crippen LogP contribution in [0.3, 0.4) is 0 Å². The van der Waals surface area contributed by atoms with E-state index in [0.717, 1.165) is 6.07 Å². The van der Waals surface area contributed by atoms with Crippen molar-refractivity contribution >= 4 is 39.8 Å². The molecule has 1 heterocycles. The molecule has 0 bridgehead atoms. The lowest BCUT2D eigenvalue weighted by Crippen LogP contribution is -2.18. The lowest BCUT2D eigenvalue weighted by molar-refractivity contribution is -0.136. The van der Waals surface area contributed by atoms with Gasteiger partial charge in [0, 0.05) is 30.7 Å². The van der Waals surface area contributed by atoms with E-state index in [1.165, 1.54) is 12.1 Å². The van der Waals surface area contributed by atoms with Gasteiger partial charge in [0.1, 0.15) is 5.69 Å². The monoisotopic (exact) mass is 381 g/mol. The van der Waals surface area contributed by atoms with Crippen molar-refractivity contribution in [2.75, 3.05) is 24.3 Å². The van der Waals surface area contributed by atoms with E-state index < -0.39 is 17.6 Å². The van der Waals surface area contributed by atoms with Gasteiger partial charge in [-0.2, -0.15) is 13.2 Å². The second kappa shape index (κ2) is 6.57. The third-order valence-electron chi connectivity index (χ3n) is 3.94. The van der Waals surface area contributed by atoms with Gasteiger partial charge in [-0.15, -0.1) is 0 Å². The first-order valence-electron chi connectivity index (χ1n) is 7.64. The van der Waals surface area contributed by atoms with Crippen molar-refractivity contribution in [1.29, 1.82) is 0 Å². The maximum atomic E-state index is 13.4. The van der Waals surface area contributed by atoms with E-state index >= 15 is 0 Å². The molecule has 3 aromatic rings. The number of para-hydroxylation sites is 1. The first-order valence-corrected chi connectivity index (χ1v) is 8.02. The number of amides is 1. The first-order chi connectivity index (χ1) is 12.2. The summed E-state index contributed by atoms with van der Waals surface area (Å²) < 4.78 is 40.2. The zero-order chi connectivity index (χ0) is 19.1. The van der Waals surface area contributed by atoms with Gasteiger partial charge in [-0.25, -0.2) is 0 Å². The van der Waals surface area contributed by atoms with Crippen LogP contribution in [-0.2, 0) is 6.18 Å². The zero-order valence-corrected chi connectivity index (χ0v) is 14.7. The van der Waals surface area contributed by atoms with E-state index in [2.05, 4.69) is 10.3 Å². The maximum Gasteiger partial charge on any atom is 0.418 e. The van der Waals surface area contributed by atoms with Gasteiger partial charge in [0.2, 0.25) is 0 Å². The SMILES string of the molecule is CN(C)c1ccc(NC(=O)c2[nH]c3ccccc3c2Cl)c(C(F)(F)F)c1. The van der Waals surface area contributed by atoms with Crippen LogP contribution < -0.4 is 10.2 Å². The average Bonchev–Trinajstić information content (AvgIpc) is 2.91. The van der Waals surface area contributed by atoms with Crippen LogP contribution in [0.4, 0.5) is 24.5 Å². The molecule has 136 valence electrons. The maximum absolute atomic E-state index is 13.4. The molecule has 0 aliphatic rings. The third kappa shape index (κ3) is 3.35. The molecule has 0 spiro atoms. The lowest BCUT2D eigenvalue weighted by atomic mass is 10.1. The van der Waals surface area contributed by atoms with Gasteiger partial charge in [0.25, 0.3) is 5.91 Å². The second-order valence-electron chi connectivity index (χ2n) is 5.94. The van der Waals surface area contributed by atoms with Crippen molar-refractivity contribution in [2.45, 2.75) is 6.18 Å². The summed E-state index contributed by atoms with van der Waals surface area (Å²) in [6.45, 7) is 0. The molecule has 0 atom stereocenters. The normalized spacial score (nSPS) is 11.6. The molecule has 1 amide bonds. The molecule has 2 aromatic carbocycles. The van der Waals surface area contributed by atoms with Gasteiger partial charge in [-0.3, -0.25) is 4.79 Å². The zero-order valence-electron chi connectivity index (χ0n) is 13.9. The van der Waals surface area contributed by atoms with Crippen molar-refractivity contribution in [3.05, 3.63) is 58.7 Å². The molecule has 1 aromatic heterocycles. The van der Waals surface area contributed by atoms with Crippen LogP contribution in [0.15, 0.2) is 42.5 Å². The number of benzene rings is 2. The number of aromatic amines is 1. The minimum absolute atomic E-state index is 0.0117. The lowest BCUT2D eigenvalue weighted by Gasteiger charge is -2.18. The molecule has 0 saturated heterocycles. The molecule has 0 fully saturated rings. The number of hydrogen-bond donors (Lipinski definition) is 2. The quantitative estimate of drug-likeness (QED) is 0.658. The fraction of sp³-hybridized carbons (Fsp3) is 0.167. The fourth-order valence-corrected chi connectivity index (χ4v) is 2.90. The van der Waals surface area contributed by atoms with Crippen molar-refractivity contribution in [3.63, 3.8) is 0 Å². The fourth-order valence-electron chi connectivity index (χ4n) is 2.60. The van der Waals surface area contributed by atoms with Crippen LogP contribution in [0.1, 0.15) is 16.1 Å². The summed E-state index contributed by atoms with van der Waals surface area (Å²) in [6, 6.07) is 10.7. The van der Waals surface area contributed by atoms with Crippen LogP contribution in [-0.4, -0.2) is 25.0 Å². The summed E-state index contributed by atoms with van der Waals surface area (Å²) in [7, 11) is 3.27. The van der Waals surface area contributed by atoms with Crippen molar-refractivity contribution in [3.8, 4) is 0 Å². The molecule has 0 aliphatic heterocycles. The van der Waals surface area contributed by atoms with E-state index in [0.29, 0.717) is 16.6 Å². The number of hydrogen-bond acceptors (Lipinski definition) is 2. The second-order valence-corrected chi connectivity index (χ2v) is 6.31. The van der Waals surface area contributed by atoms with Gasteiger partial charge in [-0.05, 0) is 24.3 Å². The molecule has 0 unspecified atom stereocenters. The number of fused-ring (bicyclic) bond motifs is 1. The Morgan fingerprint density at radius 3 is 2.46 bits per heavy atom. The smallest absolute Gasteiger partial charge is 0.378 e. The molecule has 0 saturated carbocycles. The van der Waals surface area contributed by atoms with Gasteiger partial charge < -0.3 is 15.2 Å². The molecule has 0 radical (unpaired) electrons. The largest absolute Gasteiger partial charge is 0.418 e. The Kier molecular flexibility index (Phi) is 4.58. The van der Waals surface area contributed by atoms with Crippen LogP contribution >= 0.6 is 11.6 Å². The van der Waals surface area contributed by atoms with Crippen LogP contribution in [0.2, 0.25) is 5.02 Å². The van der Waals surface area contributed by atoms with Crippen molar-refractivity contribution < 1.29 is 18.0 Å². The van der Waals surface area contributed by atoms with E-state index in [9.17, 15) is 18.0 Å². The molecule has 8 heteroatoms. The van der Waals surface area contributed by atoms with E-state index in [1.807, 2.05) is 0 Å². The molecule has 3 rings (SSSR count). The number of H-pyrrole nitrogens is 1. The predicted octanol–water partition coefficient (Wildman–Crippen LogP) is 5.16. The number of alkyl halides is 3. The number of nitrogens with one attached hydrogen (secondary N) is 2. The number of rotatable bonds is 3. The first kappa shape index (κ1) is 18.1. The van der Waals surface area contributed by atoms with E-state index in [4.69, 9.17) is 11.6 Å². The van der Waals surface area contributed by atoms with Crippen molar-refractivity contribution in [1.82, 2.24) is 4.98 Å². The standard InChI is InChI=1S/C18H15ClF3N3O/c1-25(2)10-7-8-14(12(9-10)18(20,21)22)24-17(26)16-15(19)11-5-3-4-6-13(11)23-16/h3-9,23H,1-2H3,(H,24,26). The summed E-state index contributed by atoms with van der Waals surface area (Å²) in [6.07, 6.45) is -4.61. The third-order valence-corrected chi connectivity index (χ3v) is 4.34. The Hall–Kier alpha value is -2.67. The molecule has 0 aliphatic carbocycles. The molecule has 26 heavy (non-hydrogen) atoms. The Bertz CT molecular complexity index is 979. The summed E-state index contributed by atoms with van der Waals surface area (Å²) in [4.78, 5) is 16.9. The minimum Gasteiger partial charge on any atom is -0.378 e. The Balaban J connectivity index is 1.99. The number of carbonyl (C=O) groups is 1. The van der Waals surface area contributed by atoms with E-state index in [-0.39, 0.29) is 16.4 Å². The average molecular weight is 382 g/mol. The molecule has 4 nitrogen and oxygen atoms in total. The van der Waals surface area contributed by atoms with Crippen LogP contribution in [0.5, 0.6) is 0 Å². The highest BCUT2D eigenvalue weighted by Crippen LogP contribution is 2.37. The Morgan fingerprint density at radius 2 is 1.85 bits per heavy atom. The molecule has 2 N–H and O–H groups in total. The summed E-state index contributed by atoms with van der Waals surface area (Å²) in [5, 5.41) is 3.10. The number of anilines is 2. The summed E-state index contributed by atoms with van der Waals surface area (Å²) in [5.41, 5.74) is -0.245. The van der Waals surface area contributed by atoms with Crippen LogP contribution in [0, 0.1) is 0 Å². The summed E-state index contributed by atoms with van der Waals surface area (Å²) >= 11 is 6.19. The number of halogens is 4. The highest BCUT2D eigenvalue weighted by atomic mass is 35.5. The summed E-state index contributed by atoms with van der Waals surface area (Å²) in [5.74, 6) is -0.741. The Labute approximate surface area is 152 Å². The predicted molar refractivity (Wildman–Crippen MR) is 97.0 cm³/mol. The van der Waals surface area contributed by atoms with Gasteiger partial charge in [-0.1, -0.05) is 29.8 Å². The van der Waals surface area contributed by atoms with Crippen LogP contribution in [0.25, 0.3) is 10.9 Å². The highest BCUT2D eigenvalue weighted by molar-refractivity contribution is 6.39. The molecular weight excluding hydrogens is 367 g/mol. The van der Waals surface area contributed by atoms with Gasteiger partial charge in [0.15, 0.2) is 0 Å². The van der Waals surface area contributed by atoms with Gasteiger partial charge >= 0.3 is 6.18 Å². The number of nitrogens with zero attached hydrogens (tertiary/aromatic N) is 1. The van der Waals surface area contributed by atoms with Gasteiger partial charge in [0.05, 0.1) is 16.3 Å².